The van der Waals surface area contributed by atoms with E-state index in [1.165, 1.54) is 0 Å². The van der Waals surface area contributed by atoms with Crippen molar-refractivity contribution in [1.29, 1.82) is 0 Å². The van der Waals surface area contributed by atoms with Crippen molar-refractivity contribution in [2.24, 2.45) is 5.92 Å². The van der Waals surface area contributed by atoms with Crippen LogP contribution >= 0.6 is 11.6 Å². The summed E-state index contributed by atoms with van der Waals surface area (Å²) in [6.45, 7) is 2.02. The summed E-state index contributed by atoms with van der Waals surface area (Å²) in [5, 5.41) is 6.94. The largest absolute Gasteiger partial charge is 0.376 e. The van der Waals surface area contributed by atoms with Crippen molar-refractivity contribution in [2.45, 2.75) is 19.3 Å². The van der Waals surface area contributed by atoms with E-state index in [0.29, 0.717) is 17.4 Å². The molecule has 1 aromatic rings. The molecule has 4 nitrogen and oxygen atoms in total. The number of carbonyl (C=O) groups excluding carboxylic acids is 1. The summed E-state index contributed by atoms with van der Waals surface area (Å²) in [7, 11) is 3.90. The van der Waals surface area contributed by atoms with Gasteiger partial charge in [-0.05, 0) is 50.0 Å². The third-order valence-corrected chi connectivity index (χ3v) is 3.88. The van der Waals surface area contributed by atoms with Gasteiger partial charge in [0.1, 0.15) is 0 Å². The van der Waals surface area contributed by atoms with E-state index in [1.807, 2.05) is 31.1 Å². The monoisotopic (exact) mass is 295 g/mol. The van der Waals surface area contributed by atoms with Crippen LogP contribution in [0.4, 0.5) is 11.4 Å². The van der Waals surface area contributed by atoms with E-state index in [2.05, 4.69) is 10.6 Å². The van der Waals surface area contributed by atoms with Crippen LogP contribution in [0.3, 0.4) is 0 Å². The summed E-state index contributed by atoms with van der Waals surface area (Å²) in [6, 6.07) is 5.55. The highest BCUT2D eigenvalue weighted by Crippen LogP contribution is 2.28. The predicted molar refractivity (Wildman–Crippen MR) is 84.6 cm³/mol. The molecule has 1 amide bonds. The topological polar surface area (TPSA) is 44.4 Å². The molecule has 1 aliphatic rings. The zero-order chi connectivity index (χ0) is 14.5. The van der Waals surface area contributed by atoms with Crippen molar-refractivity contribution in [1.82, 2.24) is 5.32 Å². The van der Waals surface area contributed by atoms with Gasteiger partial charge in [0.15, 0.2) is 0 Å². The second-order valence-electron chi connectivity index (χ2n) is 5.50. The average molecular weight is 296 g/mol. The normalized spacial score (nSPS) is 15.9. The number of halogens is 1. The molecule has 5 heteroatoms. The van der Waals surface area contributed by atoms with Crippen molar-refractivity contribution in [3.8, 4) is 0 Å². The second kappa shape index (κ2) is 6.95. The van der Waals surface area contributed by atoms with Crippen LogP contribution in [-0.2, 0) is 4.79 Å². The molecule has 0 spiro atoms. The van der Waals surface area contributed by atoms with Gasteiger partial charge in [0.2, 0.25) is 5.91 Å². The van der Waals surface area contributed by atoms with Gasteiger partial charge in [-0.2, -0.15) is 0 Å². The number of nitrogens with zero attached hydrogens (tertiary/aromatic N) is 1. The van der Waals surface area contributed by atoms with E-state index < -0.39 is 0 Å². The van der Waals surface area contributed by atoms with Gasteiger partial charge in [-0.3, -0.25) is 4.79 Å². The molecule has 0 saturated carbocycles. The Morgan fingerprint density at radius 2 is 2.10 bits per heavy atom. The Kier molecular flexibility index (Phi) is 5.26. The fraction of sp³-hybridized carbons (Fsp3) is 0.533. The summed E-state index contributed by atoms with van der Waals surface area (Å²) in [5.41, 5.74) is 1.74. The number of nitrogens with one attached hydrogen (secondary N) is 2. The number of benzene rings is 1. The average Bonchev–Trinajstić information content (AvgIpc) is 2.39. The van der Waals surface area contributed by atoms with E-state index >= 15 is 0 Å². The van der Waals surface area contributed by atoms with Crippen LogP contribution in [0, 0.1) is 5.92 Å². The minimum atomic E-state index is 0.0715. The molecule has 2 rings (SSSR count). The fourth-order valence-corrected chi connectivity index (χ4v) is 2.72. The molecule has 0 aliphatic carbocycles. The van der Waals surface area contributed by atoms with Crippen LogP contribution in [0.5, 0.6) is 0 Å². The van der Waals surface area contributed by atoms with Crippen molar-refractivity contribution in [3.63, 3.8) is 0 Å². The minimum absolute atomic E-state index is 0.0715. The first-order valence-electron chi connectivity index (χ1n) is 7.03. The van der Waals surface area contributed by atoms with E-state index in [4.69, 9.17) is 11.6 Å². The maximum absolute atomic E-state index is 12.2. The van der Waals surface area contributed by atoms with E-state index in [0.717, 1.165) is 37.3 Å². The number of hydrogen-bond donors (Lipinski definition) is 2. The lowest BCUT2D eigenvalue weighted by atomic mass is 9.94. The highest BCUT2D eigenvalue weighted by molar-refractivity contribution is 6.31. The lowest BCUT2D eigenvalue weighted by molar-refractivity contribution is -0.117. The highest BCUT2D eigenvalue weighted by Gasteiger charge is 2.17. The maximum atomic E-state index is 12.2. The van der Waals surface area contributed by atoms with Gasteiger partial charge < -0.3 is 15.5 Å². The molecular weight excluding hydrogens is 274 g/mol. The first-order valence-corrected chi connectivity index (χ1v) is 7.41. The van der Waals surface area contributed by atoms with Gasteiger partial charge in [0.05, 0.1) is 11.4 Å². The van der Waals surface area contributed by atoms with Gasteiger partial charge in [0.25, 0.3) is 0 Å². The number of amides is 1. The van der Waals surface area contributed by atoms with Crippen LogP contribution in [0.15, 0.2) is 18.2 Å². The maximum Gasteiger partial charge on any atom is 0.224 e. The third-order valence-electron chi connectivity index (χ3n) is 3.65. The van der Waals surface area contributed by atoms with Crippen LogP contribution < -0.4 is 15.5 Å². The smallest absolute Gasteiger partial charge is 0.224 e. The lowest BCUT2D eigenvalue weighted by Gasteiger charge is -2.23. The molecule has 0 radical (unpaired) electrons. The Morgan fingerprint density at radius 1 is 1.40 bits per heavy atom. The zero-order valence-electron chi connectivity index (χ0n) is 12.1. The molecule has 2 N–H and O–H groups in total. The van der Waals surface area contributed by atoms with E-state index in [1.54, 1.807) is 6.07 Å². The lowest BCUT2D eigenvalue weighted by Crippen LogP contribution is -2.30. The SMILES string of the molecule is CN(C)c1ccc(Cl)cc1NC(=O)CC1CCNCC1. The first-order chi connectivity index (χ1) is 9.56. The standard InChI is InChI=1S/C15H22ClN3O/c1-19(2)14-4-3-12(16)10-13(14)18-15(20)9-11-5-7-17-8-6-11/h3-4,10-11,17H,5-9H2,1-2H3,(H,18,20). The molecule has 110 valence electrons. The zero-order valence-corrected chi connectivity index (χ0v) is 12.8. The summed E-state index contributed by atoms with van der Waals surface area (Å²) >= 11 is 6.02. The molecule has 1 fully saturated rings. The quantitative estimate of drug-likeness (QED) is 0.898. The Balaban J connectivity index is 2.01. The number of anilines is 2. The van der Waals surface area contributed by atoms with Crippen molar-refractivity contribution in [3.05, 3.63) is 23.2 Å². The molecule has 0 atom stereocenters. The van der Waals surface area contributed by atoms with E-state index in [-0.39, 0.29) is 5.91 Å². The predicted octanol–water partition coefficient (Wildman–Crippen LogP) is 2.73. The molecule has 1 heterocycles. The summed E-state index contributed by atoms with van der Waals surface area (Å²) in [6.07, 6.45) is 2.73. The Labute approximate surface area is 125 Å². The van der Waals surface area contributed by atoms with Crippen LogP contribution in [0.2, 0.25) is 5.02 Å². The number of rotatable bonds is 4. The van der Waals surface area contributed by atoms with Crippen LogP contribution in [0.25, 0.3) is 0 Å². The molecule has 1 aromatic carbocycles. The number of hydrogen-bond acceptors (Lipinski definition) is 3. The molecule has 0 bridgehead atoms. The molecule has 20 heavy (non-hydrogen) atoms. The highest BCUT2D eigenvalue weighted by atomic mass is 35.5. The van der Waals surface area contributed by atoms with Crippen LogP contribution in [-0.4, -0.2) is 33.1 Å². The van der Waals surface area contributed by atoms with Gasteiger partial charge in [-0.15, -0.1) is 0 Å². The fourth-order valence-electron chi connectivity index (χ4n) is 2.55. The van der Waals surface area contributed by atoms with Crippen molar-refractivity contribution >= 4 is 28.9 Å². The number of piperidine rings is 1. The molecule has 0 unspecified atom stereocenters. The van der Waals surface area contributed by atoms with Gasteiger partial charge >= 0.3 is 0 Å². The van der Waals surface area contributed by atoms with Gasteiger partial charge in [0, 0.05) is 25.5 Å². The summed E-state index contributed by atoms with van der Waals surface area (Å²) < 4.78 is 0. The summed E-state index contributed by atoms with van der Waals surface area (Å²) in [5.74, 6) is 0.556. The Bertz CT molecular complexity index is 470. The Hall–Kier alpha value is -1.26. The van der Waals surface area contributed by atoms with Gasteiger partial charge in [-0.1, -0.05) is 11.6 Å². The molecular formula is C15H22ClN3O. The molecule has 1 aliphatic heterocycles. The Morgan fingerprint density at radius 3 is 2.75 bits per heavy atom. The van der Waals surface area contributed by atoms with Crippen LogP contribution in [0.1, 0.15) is 19.3 Å². The van der Waals surface area contributed by atoms with Crippen molar-refractivity contribution < 1.29 is 4.79 Å². The third kappa shape index (κ3) is 4.12. The van der Waals surface area contributed by atoms with Crippen molar-refractivity contribution in [2.75, 3.05) is 37.4 Å². The molecule has 0 aromatic heterocycles. The van der Waals surface area contributed by atoms with Gasteiger partial charge in [-0.25, -0.2) is 0 Å². The van der Waals surface area contributed by atoms with E-state index in [9.17, 15) is 4.79 Å². The first kappa shape index (κ1) is 15.1. The second-order valence-corrected chi connectivity index (χ2v) is 5.94. The molecule has 1 saturated heterocycles. The number of carbonyl (C=O) groups is 1. The summed E-state index contributed by atoms with van der Waals surface area (Å²) in [4.78, 5) is 14.1. The minimum Gasteiger partial charge on any atom is -0.376 e.